The molecule has 1 aliphatic heterocycles. The largest absolute Gasteiger partial charge is 0.379 e. The van der Waals surface area contributed by atoms with E-state index in [0.29, 0.717) is 12.2 Å². The Bertz CT molecular complexity index is 429. The van der Waals surface area contributed by atoms with Gasteiger partial charge in [0.15, 0.2) is 0 Å². The highest BCUT2D eigenvalue weighted by molar-refractivity contribution is 5.75. The van der Waals surface area contributed by atoms with Gasteiger partial charge in [-0.1, -0.05) is 5.21 Å². The van der Waals surface area contributed by atoms with Crippen molar-refractivity contribution >= 4 is 5.91 Å². The molecule has 8 nitrogen and oxygen atoms in total. The molecule has 0 aromatic carbocycles. The second-order valence-electron chi connectivity index (χ2n) is 4.99. The zero-order valence-electron chi connectivity index (χ0n) is 11.8. The van der Waals surface area contributed by atoms with Crippen molar-refractivity contribution in [2.24, 2.45) is 5.73 Å². The maximum atomic E-state index is 11.9. The van der Waals surface area contributed by atoms with E-state index in [9.17, 15) is 4.79 Å². The Hall–Kier alpha value is -1.51. The Balaban J connectivity index is 1.72. The van der Waals surface area contributed by atoms with Crippen LogP contribution in [-0.4, -0.2) is 64.7 Å². The summed E-state index contributed by atoms with van der Waals surface area (Å²) in [6.07, 6.45) is 1.69. The standard InChI is InChI=1S/C12H22N6O2/c1-10(7-17-2-4-20-5-3-17)14-12(19)9-18-8-11(6-13)15-16-18/h8,10H,2-7,9,13H2,1H3,(H,14,19). The molecule has 1 aromatic heterocycles. The molecule has 1 unspecified atom stereocenters. The Morgan fingerprint density at radius 1 is 1.55 bits per heavy atom. The van der Waals surface area contributed by atoms with Gasteiger partial charge in [-0.2, -0.15) is 0 Å². The van der Waals surface area contributed by atoms with Gasteiger partial charge in [0.1, 0.15) is 6.54 Å². The third-order valence-corrected chi connectivity index (χ3v) is 3.14. The van der Waals surface area contributed by atoms with Gasteiger partial charge in [-0.3, -0.25) is 9.69 Å². The van der Waals surface area contributed by atoms with E-state index in [1.54, 1.807) is 6.20 Å². The van der Waals surface area contributed by atoms with Crippen LogP contribution in [0, 0.1) is 0 Å². The summed E-state index contributed by atoms with van der Waals surface area (Å²) in [5.74, 6) is -0.0702. The predicted molar refractivity (Wildman–Crippen MR) is 72.8 cm³/mol. The molecule has 1 atom stereocenters. The lowest BCUT2D eigenvalue weighted by atomic mass is 10.3. The van der Waals surface area contributed by atoms with Crippen molar-refractivity contribution in [1.82, 2.24) is 25.2 Å². The molecule has 1 fully saturated rings. The Morgan fingerprint density at radius 3 is 2.95 bits per heavy atom. The van der Waals surface area contributed by atoms with E-state index in [1.807, 2.05) is 6.92 Å². The number of aromatic nitrogens is 3. The molecule has 0 radical (unpaired) electrons. The van der Waals surface area contributed by atoms with E-state index in [4.69, 9.17) is 10.5 Å². The molecule has 0 saturated carbocycles. The summed E-state index contributed by atoms with van der Waals surface area (Å²) in [5, 5.41) is 10.7. The number of nitrogens with zero attached hydrogens (tertiary/aromatic N) is 4. The maximum absolute atomic E-state index is 11.9. The number of carbonyl (C=O) groups excluding carboxylic acids is 1. The molecule has 1 aliphatic rings. The van der Waals surface area contributed by atoms with Crippen LogP contribution >= 0.6 is 0 Å². The molecule has 20 heavy (non-hydrogen) atoms. The van der Waals surface area contributed by atoms with Gasteiger partial charge >= 0.3 is 0 Å². The molecule has 0 spiro atoms. The number of rotatable bonds is 6. The first kappa shape index (κ1) is 14.9. The minimum atomic E-state index is -0.0702. The molecule has 1 aromatic rings. The van der Waals surface area contributed by atoms with Crippen LogP contribution in [-0.2, 0) is 22.6 Å². The van der Waals surface area contributed by atoms with E-state index in [-0.39, 0.29) is 18.5 Å². The van der Waals surface area contributed by atoms with E-state index in [0.717, 1.165) is 32.8 Å². The maximum Gasteiger partial charge on any atom is 0.242 e. The topological polar surface area (TPSA) is 98.3 Å². The molecular weight excluding hydrogens is 260 g/mol. The van der Waals surface area contributed by atoms with Crippen molar-refractivity contribution in [3.8, 4) is 0 Å². The van der Waals surface area contributed by atoms with Gasteiger partial charge in [-0.05, 0) is 6.92 Å². The summed E-state index contributed by atoms with van der Waals surface area (Å²) < 4.78 is 6.80. The number of nitrogens with one attached hydrogen (secondary N) is 1. The molecule has 3 N–H and O–H groups in total. The predicted octanol–water partition coefficient (Wildman–Crippen LogP) is -1.43. The molecule has 8 heteroatoms. The number of ether oxygens (including phenoxy) is 1. The fourth-order valence-electron chi connectivity index (χ4n) is 2.19. The first-order valence-corrected chi connectivity index (χ1v) is 6.86. The lowest BCUT2D eigenvalue weighted by Gasteiger charge is -2.29. The highest BCUT2D eigenvalue weighted by atomic mass is 16.5. The molecule has 112 valence electrons. The summed E-state index contributed by atoms with van der Waals surface area (Å²) in [5.41, 5.74) is 6.13. The Labute approximate surface area is 118 Å². The molecule has 2 heterocycles. The zero-order chi connectivity index (χ0) is 14.4. The van der Waals surface area contributed by atoms with Crippen molar-refractivity contribution in [3.63, 3.8) is 0 Å². The lowest BCUT2D eigenvalue weighted by molar-refractivity contribution is -0.122. The minimum absolute atomic E-state index is 0.0702. The Kier molecular flexibility index (Phi) is 5.45. The van der Waals surface area contributed by atoms with E-state index < -0.39 is 0 Å². The summed E-state index contributed by atoms with van der Waals surface area (Å²) in [4.78, 5) is 14.2. The number of hydrogen-bond acceptors (Lipinski definition) is 6. The van der Waals surface area contributed by atoms with Crippen molar-refractivity contribution in [2.45, 2.75) is 26.1 Å². The van der Waals surface area contributed by atoms with Crippen LogP contribution in [0.4, 0.5) is 0 Å². The van der Waals surface area contributed by atoms with Crippen LogP contribution in [0.5, 0.6) is 0 Å². The summed E-state index contributed by atoms with van der Waals surface area (Å²) in [7, 11) is 0. The molecule has 0 bridgehead atoms. The molecule has 1 saturated heterocycles. The summed E-state index contributed by atoms with van der Waals surface area (Å²) in [6.45, 7) is 6.70. The van der Waals surface area contributed by atoms with E-state index >= 15 is 0 Å². The van der Waals surface area contributed by atoms with Crippen molar-refractivity contribution < 1.29 is 9.53 Å². The lowest BCUT2D eigenvalue weighted by Crippen LogP contribution is -2.46. The van der Waals surface area contributed by atoms with Gasteiger partial charge in [-0.15, -0.1) is 5.10 Å². The van der Waals surface area contributed by atoms with Crippen LogP contribution in [0.3, 0.4) is 0 Å². The van der Waals surface area contributed by atoms with Crippen LogP contribution < -0.4 is 11.1 Å². The Morgan fingerprint density at radius 2 is 2.30 bits per heavy atom. The van der Waals surface area contributed by atoms with Crippen LogP contribution in [0.2, 0.25) is 0 Å². The zero-order valence-corrected chi connectivity index (χ0v) is 11.8. The average Bonchev–Trinajstić information content (AvgIpc) is 2.87. The molecule has 2 rings (SSSR count). The van der Waals surface area contributed by atoms with Crippen LogP contribution in [0.25, 0.3) is 0 Å². The third kappa shape index (κ3) is 4.55. The van der Waals surface area contributed by atoms with Gasteiger partial charge in [0.2, 0.25) is 5.91 Å². The normalized spacial score (nSPS) is 17.9. The van der Waals surface area contributed by atoms with Gasteiger partial charge in [0.05, 0.1) is 25.1 Å². The van der Waals surface area contributed by atoms with Gasteiger partial charge in [0, 0.05) is 32.2 Å². The van der Waals surface area contributed by atoms with Crippen molar-refractivity contribution in [2.75, 3.05) is 32.8 Å². The number of nitrogens with two attached hydrogens (primary N) is 1. The van der Waals surface area contributed by atoms with E-state index in [2.05, 4.69) is 20.5 Å². The van der Waals surface area contributed by atoms with Crippen molar-refractivity contribution in [3.05, 3.63) is 11.9 Å². The van der Waals surface area contributed by atoms with Crippen LogP contribution in [0.15, 0.2) is 6.20 Å². The van der Waals surface area contributed by atoms with Crippen molar-refractivity contribution in [1.29, 1.82) is 0 Å². The fraction of sp³-hybridized carbons (Fsp3) is 0.750. The molecule has 1 amide bonds. The quantitative estimate of drug-likeness (QED) is 0.664. The minimum Gasteiger partial charge on any atom is -0.379 e. The fourth-order valence-corrected chi connectivity index (χ4v) is 2.19. The highest BCUT2D eigenvalue weighted by Crippen LogP contribution is 1.98. The second kappa shape index (κ2) is 7.32. The van der Waals surface area contributed by atoms with E-state index in [1.165, 1.54) is 4.68 Å². The van der Waals surface area contributed by atoms with Crippen LogP contribution in [0.1, 0.15) is 12.6 Å². The molecular formula is C12H22N6O2. The summed E-state index contributed by atoms with van der Waals surface area (Å²) >= 11 is 0. The molecule has 0 aliphatic carbocycles. The smallest absolute Gasteiger partial charge is 0.242 e. The van der Waals surface area contributed by atoms with Gasteiger partial charge in [-0.25, -0.2) is 4.68 Å². The first-order chi connectivity index (χ1) is 9.67. The summed E-state index contributed by atoms with van der Waals surface area (Å²) in [6, 6.07) is 0.0955. The average molecular weight is 282 g/mol. The van der Waals surface area contributed by atoms with Gasteiger partial charge < -0.3 is 15.8 Å². The SMILES string of the molecule is CC(CN1CCOCC1)NC(=O)Cn1cc(CN)nn1. The first-order valence-electron chi connectivity index (χ1n) is 6.86. The highest BCUT2D eigenvalue weighted by Gasteiger charge is 2.15. The van der Waals surface area contributed by atoms with Gasteiger partial charge in [0.25, 0.3) is 0 Å². The number of morpholine rings is 1. The number of carbonyl (C=O) groups is 1. The monoisotopic (exact) mass is 282 g/mol. The number of hydrogen-bond donors (Lipinski definition) is 2. The third-order valence-electron chi connectivity index (χ3n) is 3.14. The second-order valence-corrected chi connectivity index (χ2v) is 4.99. The number of amides is 1.